The molecular weight excluding hydrogens is 357 g/mol. The van der Waals surface area contributed by atoms with Gasteiger partial charge in [0.25, 0.3) is 0 Å². The number of imidazole rings is 1. The summed E-state index contributed by atoms with van der Waals surface area (Å²) in [5.74, 6) is -1.66. The standard InChI is InChI=1S/C19H19F3N4O/c1-11(10-23)17(27)26-16(12-5-3-2-4-6-12)13-7-8-14-15(9-13)25-18(24-14)19(20,21)22/h2-9,11,16H,10,23H2,1H3,(H,24,25)(H,26,27). The van der Waals surface area contributed by atoms with Gasteiger partial charge < -0.3 is 16.0 Å². The number of hydrogen-bond donors (Lipinski definition) is 3. The number of aromatic nitrogens is 2. The summed E-state index contributed by atoms with van der Waals surface area (Å²) in [5, 5.41) is 2.93. The number of benzene rings is 2. The molecule has 142 valence electrons. The average molecular weight is 376 g/mol. The molecule has 0 radical (unpaired) electrons. The first kappa shape index (κ1) is 18.9. The van der Waals surface area contributed by atoms with E-state index in [0.29, 0.717) is 5.56 Å². The van der Waals surface area contributed by atoms with Crippen LogP contribution in [0.5, 0.6) is 0 Å². The van der Waals surface area contributed by atoms with Crippen molar-refractivity contribution in [2.75, 3.05) is 6.54 Å². The van der Waals surface area contributed by atoms with Crippen LogP contribution in [0, 0.1) is 5.92 Å². The lowest BCUT2D eigenvalue weighted by Gasteiger charge is -2.22. The van der Waals surface area contributed by atoms with Crippen LogP contribution >= 0.6 is 0 Å². The maximum Gasteiger partial charge on any atom is 0.449 e. The molecule has 0 fully saturated rings. The minimum Gasteiger partial charge on any atom is -0.345 e. The molecule has 2 aromatic carbocycles. The second kappa shape index (κ2) is 7.40. The highest BCUT2D eigenvalue weighted by Gasteiger charge is 2.34. The van der Waals surface area contributed by atoms with Gasteiger partial charge in [0.1, 0.15) is 0 Å². The molecule has 0 bridgehead atoms. The van der Waals surface area contributed by atoms with Gasteiger partial charge in [-0.2, -0.15) is 13.2 Å². The minimum atomic E-state index is -4.55. The van der Waals surface area contributed by atoms with Crippen molar-refractivity contribution < 1.29 is 18.0 Å². The molecule has 5 nitrogen and oxygen atoms in total. The van der Waals surface area contributed by atoms with Crippen LogP contribution in [0.1, 0.15) is 29.9 Å². The van der Waals surface area contributed by atoms with Crippen molar-refractivity contribution in [1.29, 1.82) is 0 Å². The Morgan fingerprint density at radius 1 is 1.19 bits per heavy atom. The van der Waals surface area contributed by atoms with E-state index >= 15 is 0 Å². The second-order valence-electron chi connectivity index (χ2n) is 6.35. The fourth-order valence-electron chi connectivity index (χ4n) is 2.74. The minimum absolute atomic E-state index is 0.196. The van der Waals surface area contributed by atoms with Gasteiger partial charge in [-0.25, -0.2) is 4.98 Å². The lowest BCUT2D eigenvalue weighted by molar-refractivity contribution is -0.144. The molecule has 3 aromatic rings. The molecule has 0 aliphatic heterocycles. The molecule has 0 aliphatic rings. The van der Waals surface area contributed by atoms with Gasteiger partial charge in [0.05, 0.1) is 17.1 Å². The Labute approximate surface area is 153 Å². The average Bonchev–Trinajstić information content (AvgIpc) is 3.09. The Hall–Kier alpha value is -2.87. The zero-order valence-electron chi connectivity index (χ0n) is 14.5. The van der Waals surface area contributed by atoms with Crippen LogP contribution in [0.15, 0.2) is 48.5 Å². The van der Waals surface area contributed by atoms with Crippen LogP contribution in [0.4, 0.5) is 13.2 Å². The lowest BCUT2D eigenvalue weighted by Crippen LogP contribution is -2.36. The maximum absolute atomic E-state index is 12.9. The molecule has 2 unspecified atom stereocenters. The molecular formula is C19H19F3N4O. The van der Waals surface area contributed by atoms with Crippen molar-refractivity contribution in [3.63, 3.8) is 0 Å². The van der Waals surface area contributed by atoms with Crippen molar-refractivity contribution in [3.05, 3.63) is 65.5 Å². The summed E-state index contributed by atoms with van der Waals surface area (Å²) in [6, 6.07) is 13.4. The predicted octanol–water partition coefficient (Wildman–Crippen LogP) is 3.38. The maximum atomic E-state index is 12.9. The van der Waals surface area contributed by atoms with E-state index in [0.717, 1.165) is 5.56 Å². The van der Waals surface area contributed by atoms with Gasteiger partial charge in [-0.3, -0.25) is 4.79 Å². The van der Waals surface area contributed by atoms with E-state index in [-0.39, 0.29) is 29.4 Å². The van der Waals surface area contributed by atoms with E-state index in [9.17, 15) is 18.0 Å². The summed E-state index contributed by atoms with van der Waals surface area (Å²) in [4.78, 5) is 18.2. The smallest absolute Gasteiger partial charge is 0.345 e. The van der Waals surface area contributed by atoms with Gasteiger partial charge in [0.15, 0.2) is 0 Å². The molecule has 1 aromatic heterocycles. The zero-order chi connectivity index (χ0) is 19.6. The Kier molecular flexibility index (Phi) is 5.18. The van der Waals surface area contributed by atoms with Crippen molar-refractivity contribution >= 4 is 16.9 Å². The van der Waals surface area contributed by atoms with Crippen LogP contribution in [0.2, 0.25) is 0 Å². The fraction of sp³-hybridized carbons (Fsp3) is 0.263. The summed E-state index contributed by atoms with van der Waals surface area (Å²) < 4.78 is 38.7. The monoisotopic (exact) mass is 376 g/mol. The SMILES string of the molecule is CC(CN)C(=O)NC(c1ccccc1)c1ccc2nc(C(F)(F)F)[nH]c2c1. The number of alkyl halides is 3. The van der Waals surface area contributed by atoms with Crippen molar-refractivity contribution in [3.8, 4) is 0 Å². The topological polar surface area (TPSA) is 83.8 Å². The normalized spacial score (nSPS) is 14.1. The first-order valence-electron chi connectivity index (χ1n) is 8.42. The molecule has 0 saturated carbocycles. The number of carbonyl (C=O) groups excluding carboxylic acids is 1. The largest absolute Gasteiger partial charge is 0.449 e. The third-order valence-corrected chi connectivity index (χ3v) is 4.33. The van der Waals surface area contributed by atoms with Crippen LogP contribution in [0.25, 0.3) is 11.0 Å². The number of nitrogens with zero attached hydrogens (tertiary/aromatic N) is 1. The first-order valence-corrected chi connectivity index (χ1v) is 8.42. The van der Waals surface area contributed by atoms with Gasteiger partial charge in [-0.15, -0.1) is 0 Å². The van der Waals surface area contributed by atoms with E-state index in [1.165, 1.54) is 6.07 Å². The van der Waals surface area contributed by atoms with E-state index in [1.54, 1.807) is 19.1 Å². The third-order valence-electron chi connectivity index (χ3n) is 4.33. The third kappa shape index (κ3) is 4.11. The predicted molar refractivity (Wildman–Crippen MR) is 95.7 cm³/mol. The van der Waals surface area contributed by atoms with Gasteiger partial charge in [0.2, 0.25) is 11.7 Å². The molecule has 27 heavy (non-hydrogen) atoms. The van der Waals surface area contributed by atoms with E-state index in [2.05, 4.69) is 15.3 Å². The molecule has 8 heteroatoms. The number of halogens is 3. The number of amides is 1. The zero-order valence-corrected chi connectivity index (χ0v) is 14.5. The van der Waals surface area contributed by atoms with Crippen molar-refractivity contribution in [1.82, 2.24) is 15.3 Å². The highest BCUT2D eigenvalue weighted by atomic mass is 19.4. The molecule has 0 saturated heterocycles. The summed E-state index contributed by atoms with van der Waals surface area (Å²) in [6.45, 7) is 1.91. The molecule has 4 N–H and O–H groups in total. The number of rotatable bonds is 5. The van der Waals surface area contributed by atoms with Gasteiger partial charge in [-0.1, -0.05) is 43.3 Å². The lowest BCUT2D eigenvalue weighted by atomic mass is 9.97. The molecule has 1 heterocycles. The number of H-pyrrole nitrogens is 1. The summed E-state index contributed by atoms with van der Waals surface area (Å²) in [5.41, 5.74) is 7.48. The molecule has 3 rings (SSSR count). The summed E-state index contributed by atoms with van der Waals surface area (Å²) in [6.07, 6.45) is -4.55. The van der Waals surface area contributed by atoms with E-state index in [4.69, 9.17) is 5.73 Å². The number of hydrogen-bond acceptors (Lipinski definition) is 3. The van der Waals surface area contributed by atoms with Crippen LogP contribution in [-0.4, -0.2) is 22.4 Å². The number of aromatic amines is 1. The van der Waals surface area contributed by atoms with E-state index < -0.39 is 18.0 Å². The number of nitrogens with one attached hydrogen (secondary N) is 2. The number of nitrogens with two attached hydrogens (primary N) is 1. The molecule has 0 aliphatic carbocycles. The highest BCUT2D eigenvalue weighted by Crippen LogP contribution is 2.30. The number of fused-ring (bicyclic) bond motifs is 1. The first-order chi connectivity index (χ1) is 12.8. The summed E-state index contributed by atoms with van der Waals surface area (Å²) >= 11 is 0. The Morgan fingerprint density at radius 2 is 1.89 bits per heavy atom. The van der Waals surface area contributed by atoms with Crippen LogP contribution < -0.4 is 11.1 Å². The van der Waals surface area contributed by atoms with Crippen LogP contribution in [-0.2, 0) is 11.0 Å². The van der Waals surface area contributed by atoms with Gasteiger partial charge in [0, 0.05) is 12.5 Å². The Bertz CT molecular complexity index is 937. The summed E-state index contributed by atoms with van der Waals surface area (Å²) in [7, 11) is 0. The van der Waals surface area contributed by atoms with E-state index in [1.807, 2.05) is 30.3 Å². The fourth-order valence-corrected chi connectivity index (χ4v) is 2.74. The second-order valence-corrected chi connectivity index (χ2v) is 6.35. The molecule has 1 amide bonds. The van der Waals surface area contributed by atoms with Crippen molar-refractivity contribution in [2.24, 2.45) is 11.7 Å². The molecule has 0 spiro atoms. The van der Waals surface area contributed by atoms with Gasteiger partial charge >= 0.3 is 6.18 Å². The van der Waals surface area contributed by atoms with Gasteiger partial charge in [-0.05, 0) is 23.3 Å². The Balaban J connectivity index is 2.02. The highest BCUT2D eigenvalue weighted by molar-refractivity contribution is 5.80. The molecule has 2 atom stereocenters. The quantitative estimate of drug-likeness (QED) is 0.638. The number of carbonyl (C=O) groups is 1. The van der Waals surface area contributed by atoms with Crippen LogP contribution in [0.3, 0.4) is 0 Å². The Morgan fingerprint density at radius 3 is 2.52 bits per heavy atom. The van der Waals surface area contributed by atoms with Crippen molar-refractivity contribution in [2.45, 2.75) is 19.1 Å².